The van der Waals surface area contributed by atoms with Gasteiger partial charge in [-0.3, -0.25) is 9.78 Å². The van der Waals surface area contributed by atoms with Crippen molar-refractivity contribution in [2.24, 2.45) is 5.92 Å². The Bertz CT molecular complexity index is 444. The highest BCUT2D eigenvalue weighted by Crippen LogP contribution is 2.18. The van der Waals surface area contributed by atoms with Gasteiger partial charge in [0, 0.05) is 43.9 Å². The van der Waals surface area contributed by atoms with E-state index in [1.165, 1.54) is 0 Å². The van der Waals surface area contributed by atoms with Crippen molar-refractivity contribution >= 4 is 12.0 Å². The van der Waals surface area contributed by atoms with Crippen LogP contribution in [0.15, 0.2) is 24.4 Å². The van der Waals surface area contributed by atoms with Crippen molar-refractivity contribution < 1.29 is 14.7 Å². The highest BCUT2D eigenvalue weighted by atomic mass is 16.4. The van der Waals surface area contributed by atoms with E-state index < -0.39 is 5.97 Å². The number of amides is 2. The van der Waals surface area contributed by atoms with Gasteiger partial charge >= 0.3 is 12.0 Å². The molecule has 0 saturated carbocycles. The van der Waals surface area contributed by atoms with Crippen molar-refractivity contribution in [3.05, 3.63) is 30.1 Å². The van der Waals surface area contributed by atoms with Crippen molar-refractivity contribution in [3.63, 3.8) is 0 Å². The first kappa shape index (κ1) is 13.3. The van der Waals surface area contributed by atoms with E-state index in [4.69, 9.17) is 5.11 Å². The molecule has 1 aliphatic heterocycles. The van der Waals surface area contributed by atoms with E-state index in [1.807, 2.05) is 18.2 Å². The molecule has 102 valence electrons. The van der Waals surface area contributed by atoms with E-state index in [2.05, 4.69) is 10.3 Å². The lowest BCUT2D eigenvalue weighted by Gasteiger charge is -2.38. The molecule has 2 amide bonds. The summed E-state index contributed by atoms with van der Waals surface area (Å²) < 4.78 is 0. The lowest BCUT2D eigenvalue weighted by molar-refractivity contribution is -0.139. The second-order valence-electron chi connectivity index (χ2n) is 4.67. The second-order valence-corrected chi connectivity index (χ2v) is 4.67. The first-order chi connectivity index (χ1) is 9.15. The largest absolute Gasteiger partial charge is 0.481 e. The maximum absolute atomic E-state index is 11.7. The summed E-state index contributed by atoms with van der Waals surface area (Å²) in [5.41, 5.74) is 0.940. The van der Waals surface area contributed by atoms with E-state index in [9.17, 15) is 9.59 Å². The third kappa shape index (κ3) is 3.94. The molecule has 1 saturated heterocycles. The van der Waals surface area contributed by atoms with Gasteiger partial charge in [-0.1, -0.05) is 6.07 Å². The number of nitrogens with zero attached hydrogens (tertiary/aromatic N) is 2. The molecule has 0 atom stereocenters. The van der Waals surface area contributed by atoms with Crippen LogP contribution in [-0.4, -0.2) is 46.6 Å². The van der Waals surface area contributed by atoms with Crippen LogP contribution in [0.4, 0.5) is 4.79 Å². The minimum Gasteiger partial charge on any atom is -0.481 e. The van der Waals surface area contributed by atoms with E-state index in [1.54, 1.807) is 11.1 Å². The number of nitrogens with one attached hydrogen (secondary N) is 1. The number of hydrogen-bond donors (Lipinski definition) is 2. The summed E-state index contributed by atoms with van der Waals surface area (Å²) in [5.74, 6) is -0.709. The molecular formula is C13H17N3O3. The minimum atomic E-state index is -0.805. The molecule has 2 N–H and O–H groups in total. The van der Waals surface area contributed by atoms with Crippen molar-refractivity contribution in [2.75, 3.05) is 19.6 Å². The molecule has 0 spiro atoms. The third-order valence-corrected chi connectivity index (χ3v) is 3.09. The first-order valence-electron chi connectivity index (χ1n) is 6.29. The Kier molecular flexibility index (Phi) is 4.33. The highest BCUT2D eigenvalue weighted by Gasteiger charge is 2.31. The van der Waals surface area contributed by atoms with Gasteiger partial charge in [-0.2, -0.15) is 0 Å². The molecule has 1 aromatic rings. The lowest BCUT2D eigenvalue weighted by Crippen LogP contribution is -2.54. The molecule has 1 aliphatic rings. The number of hydrogen-bond acceptors (Lipinski definition) is 3. The third-order valence-electron chi connectivity index (χ3n) is 3.09. The van der Waals surface area contributed by atoms with Crippen LogP contribution in [0.2, 0.25) is 0 Å². The summed E-state index contributed by atoms with van der Waals surface area (Å²) in [6.45, 7) is 1.60. The summed E-state index contributed by atoms with van der Waals surface area (Å²) in [7, 11) is 0. The topological polar surface area (TPSA) is 82.5 Å². The van der Waals surface area contributed by atoms with Gasteiger partial charge in [0.15, 0.2) is 0 Å². The number of carbonyl (C=O) groups is 2. The summed E-state index contributed by atoms with van der Waals surface area (Å²) in [5, 5.41) is 11.4. The van der Waals surface area contributed by atoms with E-state index in [0.717, 1.165) is 5.69 Å². The summed E-state index contributed by atoms with van der Waals surface area (Å²) in [4.78, 5) is 28.0. The van der Waals surface area contributed by atoms with Crippen LogP contribution in [0.3, 0.4) is 0 Å². The summed E-state index contributed by atoms with van der Waals surface area (Å²) in [6, 6.07) is 5.55. The maximum atomic E-state index is 11.7. The molecule has 1 fully saturated rings. The van der Waals surface area contributed by atoms with Gasteiger partial charge < -0.3 is 15.3 Å². The van der Waals surface area contributed by atoms with Crippen molar-refractivity contribution in [3.8, 4) is 0 Å². The monoisotopic (exact) mass is 263 g/mol. The number of pyridine rings is 1. The number of carboxylic acids is 1. The molecule has 1 aromatic heterocycles. The van der Waals surface area contributed by atoms with Crippen molar-refractivity contribution in [1.29, 1.82) is 0 Å². The lowest BCUT2D eigenvalue weighted by atomic mass is 9.97. The average molecular weight is 263 g/mol. The normalized spacial score (nSPS) is 14.8. The standard InChI is InChI=1S/C13H17N3O3/c17-12(18)7-10-8-16(9-10)13(19)15-6-4-11-3-1-2-5-14-11/h1-3,5,10H,4,6-9H2,(H,15,19)(H,17,18). The SMILES string of the molecule is O=C(O)CC1CN(C(=O)NCCc2ccccn2)C1. The molecule has 19 heavy (non-hydrogen) atoms. The number of likely N-dealkylation sites (tertiary alicyclic amines) is 1. The smallest absolute Gasteiger partial charge is 0.317 e. The van der Waals surface area contributed by atoms with Crippen LogP contribution in [0.1, 0.15) is 12.1 Å². The number of carboxylic acid groups (broad SMARTS) is 1. The minimum absolute atomic E-state index is 0.0963. The summed E-state index contributed by atoms with van der Waals surface area (Å²) >= 11 is 0. The van der Waals surface area contributed by atoms with Gasteiger partial charge in [0.25, 0.3) is 0 Å². The fourth-order valence-electron chi connectivity index (χ4n) is 2.07. The Hall–Kier alpha value is -2.11. The Balaban J connectivity index is 1.62. The van der Waals surface area contributed by atoms with Crippen LogP contribution >= 0.6 is 0 Å². The Labute approximate surface area is 111 Å². The van der Waals surface area contributed by atoms with Crippen LogP contribution in [0, 0.1) is 5.92 Å². The zero-order valence-electron chi connectivity index (χ0n) is 10.6. The quantitative estimate of drug-likeness (QED) is 0.821. The number of aliphatic carboxylic acids is 1. The van der Waals surface area contributed by atoms with Gasteiger partial charge in [-0.15, -0.1) is 0 Å². The fraction of sp³-hybridized carbons (Fsp3) is 0.462. The molecular weight excluding hydrogens is 246 g/mol. The van der Waals surface area contributed by atoms with Gasteiger partial charge in [-0.25, -0.2) is 4.79 Å². The van der Waals surface area contributed by atoms with Crippen LogP contribution < -0.4 is 5.32 Å². The van der Waals surface area contributed by atoms with Gasteiger partial charge in [0.1, 0.15) is 0 Å². The number of carbonyl (C=O) groups excluding carboxylic acids is 1. The van der Waals surface area contributed by atoms with E-state index in [-0.39, 0.29) is 18.4 Å². The van der Waals surface area contributed by atoms with Gasteiger partial charge in [0.2, 0.25) is 0 Å². The Morgan fingerprint density at radius 2 is 2.21 bits per heavy atom. The molecule has 0 aromatic carbocycles. The van der Waals surface area contributed by atoms with Crippen LogP contribution in [0.5, 0.6) is 0 Å². The molecule has 0 bridgehead atoms. The zero-order valence-corrected chi connectivity index (χ0v) is 10.6. The van der Waals surface area contributed by atoms with Crippen LogP contribution in [0.25, 0.3) is 0 Å². The van der Waals surface area contributed by atoms with Gasteiger partial charge in [0.05, 0.1) is 6.42 Å². The fourth-order valence-corrected chi connectivity index (χ4v) is 2.07. The molecule has 6 nitrogen and oxygen atoms in total. The molecule has 0 radical (unpaired) electrons. The number of rotatable bonds is 5. The molecule has 0 aliphatic carbocycles. The van der Waals surface area contributed by atoms with Crippen LogP contribution in [-0.2, 0) is 11.2 Å². The Morgan fingerprint density at radius 1 is 1.42 bits per heavy atom. The summed E-state index contributed by atoms with van der Waals surface area (Å²) in [6.07, 6.45) is 2.56. The molecule has 0 unspecified atom stereocenters. The first-order valence-corrected chi connectivity index (χ1v) is 6.29. The number of urea groups is 1. The number of aromatic nitrogens is 1. The predicted molar refractivity (Wildman–Crippen MR) is 68.7 cm³/mol. The zero-order chi connectivity index (χ0) is 13.7. The highest BCUT2D eigenvalue weighted by molar-refractivity contribution is 5.75. The van der Waals surface area contributed by atoms with Crippen molar-refractivity contribution in [2.45, 2.75) is 12.8 Å². The second kappa shape index (κ2) is 6.17. The molecule has 2 rings (SSSR count). The van der Waals surface area contributed by atoms with Gasteiger partial charge in [-0.05, 0) is 12.1 Å². The van der Waals surface area contributed by atoms with Crippen molar-refractivity contribution in [1.82, 2.24) is 15.2 Å². The Morgan fingerprint density at radius 3 is 2.84 bits per heavy atom. The molecule has 2 heterocycles. The molecule has 6 heteroatoms. The van der Waals surface area contributed by atoms with E-state index >= 15 is 0 Å². The average Bonchev–Trinajstić information content (AvgIpc) is 2.34. The van der Waals surface area contributed by atoms with E-state index in [0.29, 0.717) is 26.1 Å². The maximum Gasteiger partial charge on any atom is 0.317 e. The predicted octanol–water partition coefficient (Wildman–Crippen LogP) is 0.740.